The number of rotatable bonds is 3. The number of para-hydroxylation sites is 1. The van der Waals surface area contributed by atoms with Gasteiger partial charge in [0, 0.05) is 11.6 Å². The van der Waals surface area contributed by atoms with Gasteiger partial charge >= 0.3 is 6.18 Å². The Morgan fingerprint density at radius 3 is 2.50 bits per heavy atom. The molecule has 0 spiro atoms. The second kappa shape index (κ2) is 6.04. The Labute approximate surface area is 117 Å². The number of hydrogen-bond donors (Lipinski definition) is 1. The summed E-state index contributed by atoms with van der Waals surface area (Å²) in [6.45, 7) is 0. The van der Waals surface area contributed by atoms with Crippen molar-refractivity contribution >= 4 is 0 Å². The lowest BCUT2D eigenvalue weighted by Gasteiger charge is -2.37. The molecule has 1 aliphatic carbocycles. The van der Waals surface area contributed by atoms with Gasteiger partial charge in [-0.3, -0.25) is 0 Å². The first-order chi connectivity index (χ1) is 9.45. The Morgan fingerprint density at radius 2 is 1.85 bits per heavy atom. The molecule has 1 fully saturated rings. The summed E-state index contributed by atoms with van der Waals surface area (Å²) in [5, 5.41) is 0. The average Bonchev–Trinajstić information content (AvgIpc) is 2.45. The second-order valence-electron chi connectivity index (χ2n) is 5.36. The minimum atomic E-state index is -4.18. The molecule has 1 saturated carbocycles. The van der Waals surface area contributed by atoms with E-state index in [-0.39, 0.29) is 6.42 Å². The maximum absolute atomic E-state index is 13.2. The maximum Gasteiger partial charge on any atom is 0.392 e. The lowest BCUT2D eigenvalue weighted by molar-refractivity contribution is -0.198. The molecule has 0 radical (unpaired) electrons. The van der Waals surface area contributed by atoms with E-state index in [0.29, 0.717) is 24.2 Å². The highest BCUT2D eigenvalue weighted by atomic mass is 19.4. The van der Waals surface area contributed by atoms with E-state index in [9.17, 15) is 13.2 Å². The first kappa shape index (κ1) is 15.2. The van der Waals surface area contributed by atoms with Gasteiger partial charge in [-0.15, -0.1) is 0 Å². The van der Waals surface area contributed by atoms with Crippen LogP contribution in [-0.2, 0) is 0 Å². The predicted octanol–water partition coefficient (Wildman–Crippen LogP) is 4.06. The highest BCUT2D eigenvalue weighted by Crippen LogP contribution is 2.46. The van der Waals surface area contributed by atoms with E-state index < -0.39 is 24.1 Å². The van der Waals surface area contributed by atoms with Crippen LogP contribution in [0.5, 0.6) is 5.75 Å². The fourth-order valence-electron chi connectivity index (χ4n) is 3.17. The minimum absolute atomic E-state index is 0.178. The van der Waals surface area contributed by atoms with Crippen molar-refractivity contribution in [2.45, 2.75) is 37.9 Å². The van der Waals surface area contributed by atoms with Crippen molar-refractivity contribution in [2.24, 2.45) is 17.6 Å². The molecule has 112 valence electrons. The lowest BCUT2D eigenvalue weighted by atomic mass is 9.73. The van der Waals surface area contributed by atoms with E-state index in [1.165, 1.54) is 7.11 Å². The Morgan fingerprint density at radius 1 is 1.20 bits per heavy atom. The summed E-state index contributed by atoms with van der Waals surface area (Å²) in [6.07, 6.45) is -2.05. The molecule has 3 unspecified atom stereocenters. The highest BCUT2D eigenvalue weighted by molar-refractivity contribution is 5.36. The van der Waals surface area contributed by atoms with Crippen LogP contribution in [0.3, 0.4) is 0 Å². The van der Waals surface area contributed by atoms with Crippen LogP contribution in [-0.4, -0.2) is 13.3 Å². The fraction of sp³-hybridized carbons (Fsp3) is 0.600. The van der Waals surface area contributed by atoms with Gasteiger partial charge in [0.15, 0.2) is 0 Å². The van der Waals surface area contributed by atoms with Crippen molar-refractivity contribution in [3.8, 4) is 5.75 Å². The lowest BCUT2D eigenvalue weighted by Crippen LogP contribution is -2.38. The smallest absolute Gasteiger partial charge is 0.392 e. The number of methoxy groups -OCH3 is 1. The summed E-state index contributed by atoms with van der Waals surface area (Å²) in [5.74, 6) is -1.32. The molecule has 2 N–H and O–H groups in total. The van der Waals surface area contributed by atoms with Gasteiger partial charge in [-0.2, -0.15) is 13.2 Å². The second-order valence-corrected chi connectivity index (χ2v) is 5.36. The quantitative estimate of drug-likeness (QED) is 0.909. The number of alkyl halides is 3. The van der Waals surface area contributed by atoms with Crippen molar-refractivity contribution in [3.63, 3.8) is 0 Å². The largest absolute Gasteiger partial charge is 0.496 e. The standard InChI is InChI=1S/C15H20F3NO/c1-20-13-9-5-3-7-11(13)14(19)10-6-2-4-8-12(10)15(16,17)18/h3,5,7,9-10,12,14H,2,4,6,8,19H2,1H3. The van der Waals surface area contributed by atoms with Crippen LogP contribution < -0.4 is 10.5 Å². The van der Waals surface area contributed by atoms with Gasteiger partial charge in [0.05, 0.1) is 13.0 Å². The molecule has 2 rings (SSSR count). The SMILES string of the molecule is COc1ccccc1C(N)C1CCCCC1C(F)(F)F. The van der Waals surface area contributed by atoms with Crippen LogP contribution in [0.4, 0.5) is 13.2 Å². The average molecular weight is 287 g/mol. The molecule has 1 aliphatic rings. The highest BCUT2D eigenvalue weighted by Gasteiger charge is 2.47. The molecule has 1 aromatic rings. The molecule has 0 heterocycles. The normalized spacial score (nSPS) is 25.2. The van der Waals surface area contributed by atoms with Gasteiger partial charge in [0.1, 0.15) is 5.75 Å². The topological polar surface area (TPSA) is 35.2 Å². The zero-order valence-electron chi connectivity index (χ0n) is 11.5. The maximum atomic E-state index is 13.2. The van der Waals surface area contributed by atoms with E-state index in [2.05, 4.69) is 0 Å². The molecule has 0 amide bonds. The van der Waals surface area contributed by atoms with Crippen molar-refractivity contribution < 1.29 is 17.9 Å². The van der Waals surface area contributed by atoms with E-state index in [4.69, 9.17) is 10.5 Å². The first-order valence-electron chi connectivity index (χ1n) is 6.90. The Kier molecular flexibility index (Phi) is 4.58. The molecule has 20 heavy (non-hydrogen) atoms. The Hall–Kier alpha value is -1.23. The van der Waals surface area contributed by atoms with Gasteiger partial charge in [-0.25, -0.2) is 0 Å². The summed E-state index contributed by atoms with van der Waals surface area (Å²) < 4.78 is 44.7. The molecule has 3 atom stereocenters. The zero-order valence-corrected chi connectivity index (χ0v) is 11.5. The third-order valence-electron chi connectivity index (χ3n) is 4.20. The van der Waals surface area contributed by atoms with Gasteiger partial charge < -0.3 is 10.5 Å². The summed E-state index contributed by atoms with van der Waals surface area (Å²) in [5.41, 5.74) is 6.82. The molecule has 0 saturated heterocycles. The third kappa shape index (κ3) is 3.08. The molecule has 0 aromatic heterocycles. The predicted molar refractivity (Wildman–Crippen MR) is 71.4 cm³/mol. The summed E-state index contributed by atoms with van der Waals surface area (Å²) in [4.78, 5) is 0. The number of hydrogen-bond acceptors (Lipinski definition) is 2. The number of ether oxygens (including phenoxy) is 1. The van der Waals surface area contributed by atoms with Crippen LogP contribution in [0.1, 0.15) is 37.3 Å². The number of halogens is 3. The molecular weight excluding hydrogens is 267 g/mol. The Balaban J connectivity index is 2.27. The molecule has 2 nitrogen and oxygen atoms in total. The van der Waals surface area contributed by atoms with Crippen molar-refractivity contribution in [3.05, 3.63) is 29.8 Å². The van der Waals surface area contributed by atoms with Crippen LogP contribution in [0.15, 0.2) is 24.3 Å². The van der Waals surface area contributed by atoms with Crippen molar-refractivity contribution in [2.75, 3.05) is 7.11 Å². The van der Waals surface area contributed by atoms with Crippen molar-refractivity contribution in [1.82, 2.24) is 0 Å². The molecule has 1 aromatic carbocycles. The van der Waals surface area contributed by atoms with Gasteiger partial charge in [-0.05, 0) is 24.8 Å². The summed E-state index contributed by atoms with van der Waals surface area (Å²) in [6, 6.07) is 6.42. The molecular formula is C15H20F3NO. The van der Waals surface area contributed by atoms with Crippen molar-refractivity contribution in [1.29, 1.82) is 0 Å². The molecule has 0 aliphatic heterocycles. The van der Waals surface area contributed by atoms with Crippen LogP contribution in [0, 0.1) is 11.8 Å². The van der Waals surface area contributed by atoms with Crippen LogP contribution in [0.2, 0.25) is 0 Å². The first-order valence-corrected chi connectivity index (χ1v) is 6.90. The number of benzene rings is 1. The summed E-state index contributed by atoms with van der Waals surface area (Å²) in [7, 11) is 1.51. The van der Waals surface area contributed by atoms with E-state index in [0.717, 1.165) is 6.42 Å². The zero-order chi connectivity index (χ0) is 14.8. The van der Waals surface area contributed by atoms with E-state index in [1.807, 2.05) is 0 Å². The monoisotopic (exact) mass is 287 g/mol. The van der Waals surface area contributed by atoms with E-state index in [1.54, 1.807) is 24.3 Å². The molecule has 5 heteroatoms. The summed E-state index contributed by atoms with van der Waals surface area (Å²) >= 11 is 0. The van der Waals surface area contributed by atoms with Crippen LogP contribution in [0.25, 0.3) is 0 Å². The Bertz CT molecular complexity index is 447. The third-order valence-corrected chi connectivity index (χ3v) is 4.20. The van der Waals surface area contributed by atoms with Gasteiger partial charge in [0.2, 0.25) is 0 Å². The van der Waals surface area contributed by atoms with Gasteiger partial charge in [0.25, 0.3) is 0 Å². The van der Waals surface area contributed by atoms with Gasteiger partial charge in [-0.1, -0.05) is 31.0 Å². The van der Waals surface area contributed by atoms with E-state index >= 15 is 0 Å². The minimum Gasteiger partial charge on any atom is -0.496 e. The number of nitrogens with two attached hydrogens (primary N) is 1. The molecule has 0 bridgehead atoms. The van der Waals surface area contributed by atoms with Crippen LogP contribution >= 0.6 is 0 Å². The fourth-order valence-corrected chi connectivity index (χ4v) is 3.17.